The largest absolute Gasteiger partial charge is 0.498 e. The van der Waals surface area contributed by atoms with Crippen molar-refractivity contribution >= 4 is 5.97 Å². The van der Waals surface area contributed by atoms with Crippen LogP contribution < -0.4 is 0 Å². The highest BCUT2D eigenvalue weighted by atomic mass is 16.5. The lowest BCUT2D eigenvalue weighted by Crippen LogP contribution is -2.54. The second-order valence-corrected chi connectivity index (χ2v) is 11.8. The summed E-state index contributed by atoms with van der Waals surface area (Å²) < 4.78 is 6.01. The lowest BCUT2D eigenvalue weighted by Gasteiger charge is -2.61. The Morgan fingerprint density at radius 1 is 1.07 bits per heavy atom. The van der Waals surface area contributed by atoms with Gasteiger partial charge in [0, 0.05) is 6.42 Å². The van der Waals surface area contributed by atoms with Gasteiger partial charge >= 0.3 is 5.97 Å². The molecular weight excluding hydrogens is 372 g/mol. The Balaban J connectivity index is 1.46. The summed E-state index contributed by atoms with van der Waals surface area (Å²) in [7, 11) is 0. The Morgan fingerprint density at radius 3 is 2.53 bits per heavy atom. The molecule has 0 radical (unpaired) electrons. The molecule has 0 aromatic heterocycles. The van der Waals surface area contributed by atoms with Gasteiger partial charge in [-0.3, -0.25) is 4.79 Å². The minimum absolute atomic E-state index is 0.334. The predicted octanol–water partition coefficient (Wildman–Crippen LogP) is 7.07. The molecule has 3 nitrogen and oxygen atoms in total. The summed E-state index contributed by atoms with van der Waals surface area (Å²) >= 11 is 0. The number of hydrogen-bond donors (Lipinski definition) is 1. The van der Waals surface area contributed by atoms with E-state index in [4.69, 9.17) is 9.84 Å². The first-order valence-corrected chi connectivity index (χ1v) is 12.8. The Bertz CT molecular complexity index is 656. The van der Waals surface area contributed by atoms with E-state index in [1.807, 2.05) is 19.3 Å². The minimum atomic E-state index is -0.634. The third-order valence-corrected chi connectivity index (χ3v) is 10.6. The summed E-state index contributed by atoms with van der Waals surface area (Å²) in [6.45, 7) is 9.58. The molecule has 0 aromatic rings. The molecule has 0 aliphatic heterocycles. The maximum Gasteiger partial charge on any atom is 0.303 e. The highest BCUT2D eigenvalue weighted by Crippen LogP contribution is 2.68. The highest BCUT2D eigenvalue weighted by Gasteiger charge is 2.60. The molecule has 0 saturated heterocycles. The van der Waals surface area contributed by atoms with Crippen LogP contribution in [0.4, 0.5) is 0 Å². The number of aliphatic carboxylic acids is 1. The Hall–Kier alpha value is -0.990. The quantitative estimate of drug-likeness (QED) is 0.471. The Labute approximate surface area is 184 Å². The van der Waals surface area contributed by atoms with Gasteiger partial charge in [0.1, 0.15) is 0 Å². The average Bonchev–Trinajstić information content (AvgIpc) is 3.07. The van der Waals surface area contributed by atoms with E-state index in [1.165, 1.54) is 57.8 Å². The molecule has 0 heterocycles. The van der Waals surface area contributed by atoms with Crippen LogP contribution in [0.25, 0.3) is 0 Å². The summed E-state index contributed by atoms with van der Waals surface area (Å²) in [5, 5.41) is 9.15. The van der Waals surface area contributed by atoms with E-state index >= 15 is 0 Å². The molecule has 4 fully saturated rings. The maximum atomic E-state index is 11.1. The zero-order chi connectivity index (χ0) is 21.5. The Morgan fingerprint density at radius 2 is 1.80 bits per heavy atom. The normalized spacial score (nSPS) is 46.7. The molecule has 4 saturated carbocycles. The summed E-state index contributed by atoms with van der Waals surface area (Å²) in [6.07, 6.45) is 17.6. The topological polar surface area (TPSA) is 46.5 Å². The first-order chi connectivity index (χ1) is 14.3. The molecule has 3 heteroatoms. The van der Waals surface area contributed by atoms with Gasteiger partial charge in [0.05, 0.1) is 12.4 Å². The van der Waals surface area contributed by atoms with Crippen LogP contribution in [0.5, 0.6) is 0 Å². The molecule has 30 heavy (non-hydrogen) atoms. The van der Waals surface area contributed by atoms with Crippen molar-refractivity contribution in [1.29, 1.82) is 0 Å². The van der Waals surface area contributed by atoms with E-state index in [0.717, 1.165) is 36.0 Å². The smallest absolute Gasteiger partial charge is 0.303 e. The lowest BCUT2D eigenvalue weighted by molar-refractivity contribution is -0.138. The number of carboxylic acid groups (broad SMARTS) is 1. The van der Waals surface area contributed by atoms with Crippen LogP contribution >= 0.6 is 0 Å². The van der Waals surface area contributed by atoms with E-state index in [-0.39, 0.29) is 0 Å². The third kappa shape index (κ3) is 3.73. The number of rotatable bonds is 6. The van der Waals surface area contributed by atoms with Crippen LogP contribution in [0.2, 0.25) is 0 Å². The molecule has 0 aromatic carbocycles. The number of fused-ring (bicyclic) bond motifs is 5. The second-order valence-electron chi connectivity index (χ2n) is 11.8. The van der Waals surface area contributed by atoms with Gasteiger partial charge in [-0.25, -0.2) is 0 Å². The summed E-state index contributed by atoms with van der Waals surface area (Å²) in [6, 6.07) is 0. The van der Waals surface area contributed by atoms with Crippen LogP contribution in [-0.4, -0.2) is 17.2 Å². The van der Waals surface area contributed by atoms with Gasteiger partial charge in [0.25, 0.3) is 0 Å². The fourth-order valence-corrected chi connectivity index (χ4v) is 9.06. The zero-order valence-corrected chi connectivity index (χ0v) is 19.7. The minimum Gasteiger partial charge on any atom is -0.498 e. The van der Waals surface area contributed by atoms with E-state index in [1.54, 1.807) is 0 Å². The van der Waals surface area contributed by atoms with Crippen molar-refractivity contribution in [2.24, 2.45) is 46.3 Å². The van der Waals surface area contributed by atoms with Crippen molar-refractivity contribution in [3.8, 4) is 0 Å². The molecule has 4 aliphatic rings. The van der Waals surface area contributed by atoms with Gasteiger partial charge < -0.3 is 9.84 Å². The van der Waals surface area contributed by atoms with Gasteiger partial charge in [-0.2, -0.15) is 0 Å². The van der Waals surface area contributed by atoms with Gasteiger partial charge in [-0.15, -0.1) is 0 Å². The monoisotopic (exact) mass is 416 g/mol. The summed E-state index contributed by atoms with van der Waals surface area (Å²) in [5.74, 6) is 4.12. The number of ether oxygens (including phenoxy) is 1. The van der Waals surface area contributed by atoms with Crippen molar-refractivity contribution in [3.05, 3.63) is 12.3 Å². The molecule has 1 N–H and O–H groups in total. The first kappa shape index (κ1) is 22.2. The lowest BCUT2D eigenvalue weighted by atomic mass is 9.44. The molecule has 0 spiro atoms. The van der Waals surface area contributed by atoms with Crippen LogP contribution in [0.1, 0.15) is 98.3 Å². The second kappa shape index (κ2) is 8.51. The van der Waals surface area contributed by atoms with Crippen LogP contribution in [0.15, 0.2) is 12.3 Å². The molecule has 0 amide bonds. The molecular formula is C27H44O3. The molecule has 4 unspecified atom stereocenters. The fraction of sp³-hybridized carbons (Fsp3) is 0.889. The average molecular weight is 417 g/mol. The molecule has 4 aliphatic carbocycles. The first-order valence-electron chi connectivity index (χ1n) is 12.8. The number of allylic oxidation sites excluding steroid dienone is 1. The van der Waals surface area contributed by atoms with E-state index < -0.39 is 5.97 Å². The zero-order valence-electron chi connectivity index (χ0n) is 19.7. The van der Waals surface area contributed by atoms with Crippen LogP contribution in [0, 0.1) is 46.3 Å². The summed E-state index contributed by atoms with van der Waals surface area (Å²) in [5.41, 5.74) is 0.946. The van der Waals surface area contributed by atoms with Gasteiger partial charge in [0.2, 0.25) is 0 Å². The highest BCUT2D eigenvalue weighted by molar-refractivity contribution is 5.66. The molecule has 170 valence electrons. The van der Waals surface area contributed by atoms with Crippen molar-refractivity contribution in [2.45, 2.75) is 104 Å². The molecule has 9 atom stereocenters. The standard InChI is InChI=1S/C27H44O3/c1-5-16-30-20-12-14-26(3)19(17-20)7-8-21-23-10-9-22(18(2)6-11-25(28)29)27(23,4)15-13-24(21)26/h5,16,18-24H,6-15,17H2,1-4H3,(H,28,29)/t18-,19?,20-,21?,22-,23?,24?,26+,27-/m1/s1. The maximum absolute atomic E-state index is 11.1. The number of carboxylic acids is 1. The van der Waals surface area contributed by atoms with Crippen LogP contribution in [-0.2, 0) is 9.53 Å². The number of hydrogen-bond acceptors (Lipinski definition) is 2. The van der Waals surface area contributed by atoms with Gasteiger partial charge in [-0.1, -0.05) is 26.8 Å². The van der Waals surface area contributed by atoms with Crippen molar-refractivity contribution in [1.82, 2.24) is 0 Å². The van der Waals surface area contributed by atoms with Crippen molar-refractivity contribution in [2.75, 3.05) is 0 Å². The van der Waals surface area contributed by atoms with E-state index in [9.17, 15) is 4.79 Å². The SMILES string of the molecule is CC=CO[C@@H]1CC[C@@]2(C)C(CCC3C2CC[C@@]2(C)C3CC[C@@H]2[C@H](C)CCC(=O)O)C1. The Kier molecular flexibility index (Phi) is 6.30. The van der Waals surface area contributed by atoms with E-state index in [2.05, 4.69) is 20.8 Å². The van der Waals surface area contributed by atoms with Gasteiger partial charge in [-0.05, 0) is 117 Å². The van der Waals surface area contributed by atoms with Crippen molar-refractivity contribution < 1.29 is 14.6 Å². The van der Waals surface area contributed by atoms with E-state index in [0.29, 0.717) is 29.3 Å². The van der Waals surface area contributed by atoms with Crippen molar-refractivity contribution in [3.63, 3.8) is 0 Å². The van der Waals surface area contributed by atoms with Crippen LogP contribution in [0.3, 0.4) is 0 Å². The molecule has 0 bridgehead atoms. The fourth-order valence-electron chi connectivity index (χ4n) is 9.06. The number of carbonyl (C=O) groups is 1. The predicted molar refractivity (Wildman–Crippen MR) is 121 cm³/mol. The summed E-state index contributed by atoms with van der Waals surface area (Å²) in [4.78, 5) is 11.1. The third-order valence-electron chi connectivity index (χ3n) is 10.6. The van der Waals surface area contributed by atoms with Gasteiger partial charge in [0.15, 0.2) is 0 Å². The molecule has 4 rings (SSSR count).